The van der Waals surface area contributed by atoms with Crippen LogP contribution in [0.5, 0.6) is 0 Å². The molecular formula is C12H19N3O. The second-order valence-electron chi connectivity index (χ2n) is 4.25. The van der Waals surface area contributed by atoms with Gasteiger partial charge in [0.05, 0.1) is 0 Å². The zero-order valence-electron chi connectivity index (χ0n) is 9.43. The molecule has 0 spiro atoms. The lowest BCUT2D eigenvalue weighted by atomic mass is 9.89. The summed E-state index contributed by atoms with van der Waals surface area (Å²) < 4.78 is 5.36. The van der Waals surface area contributed by atoms with Gasteiger partial charge >= 0.3 is 0 Å². The van der Waals surface area contributed by atoms with Crippen molar-refractivity contribution in [2.75, 3.05) is 13.2 Å². The van der Waals surface area contributed by atoms with Gasteiger partial charge in [0, 0.05) is 37.6 Å². The molecule has 0 aliphatic carbocycles. The molecule has 16 heavy (non-hydrogen) atoms. The molecule has 1 unspecified atom stereocenters. The van der Waals surface area contributed by atoms with Crippen molar-refractivity contribution >= 4 is 0 Å². The number of ether oxygens (including phenoxy) is 1. The van der Waals surface area contributed by atoms with Crippen molar-refractivity contribution in [3.05, 3.63) is 30.1 Å². The predicted molar refractivity (Wildman–Crippen MR) is 62.6 cm³/mol. The SMILES string of the molecule is NNC(Cc1ccccn1)C1CCOCC1. The van der Waals surface area contributed by atoms with Crippen molar-refractivity contribution in [1.29, 1.82) is 0 Å². The minimum Gasteiger partial charge on any atom is -0.381 e. The molecule has 3 N–H and O–H groups in total. The highest BCUT2D eigenvalue weighted by Crippen LogP contribution is 2.20. The van der Waals surface area contributed by atoms with E-state index in [0.29, 0.717) is 12.0 Å². The van der Waals surface area contributed by atoms with Gasteiger partial charge in [-0.2, -0.15) is 0 Å². The standard InChI is InChI=1S/C12H19N3O/c13-15-12(10-4-7-16-8-5-10)9-11-3-1-2-6-14-11/h1-3,6,10,12,15H,4-5,7-9,13H2. The van der Waals surface area contributed by atoms with E-state index in [9.17, 15) is 0 Å². The summed E-state index contributed by atoms with van der Waals surface area (Å²) >= 11 is 0. The van der Waals surface area contributed by atoms with E-state index in [4.69, 9.17) is 10.6 Å². The van der Waals surface area contributed by atoms with E-state index in [1.54, 1.807) is 0 Å². The first kappa shape index (κ1) is 11.5. The molecular weight excluding hydrogens is 202 g/mol. The minimum absolute atomic E-state index is 0.304. The van der Waals surface area contributed by atoms with Gasteiger partial charge in [-0.05, 0) is 30.9 Å². The molecule has 1 aromatic rings. The number of nitrogens with zero attached hydrogens (tertiary/aromatic N) is 1. The number of nitrogens with one attached hydrogen (secondary N) is 1. The number of hydrazine groups is 1. The Hall–Kier alpha value is -0.970. The number of rotatable bonds is 4. The summed E-state index contributed by atoms with van der Waals surface area (Å²) in [6, 6.07) is 6.30. The van der Waals surface area contributed by atoms with E-state index in [-0.39, 0.29) is 0 Å². The fourth-order valence-electron chi connectivity index (χ4n) is 2.22. The highest BCUT2D eigenvalue weighted by molar-refractivity contribution is 5.05. The highest BCUT2D eigenvalue weighted by Gasteiger charge is 2.23. The van der Waals surface area contributed by atoms with Crippen LogP contribution < -0.4 is 11.3 Å². The number of pyridine rings is 1. The van der Waals surface area contributed by atoms with Crippen molar-refractivity contribution < 1.29 is 4.74 Å². The van der Waals surface area contributed by atoms with Crippen LogP contribution >= 0.6 is 0 Å². The van der Waals surface area contributed by atoms with Crippen LogP contribution in [0.4, 0.5) is 0 Å². The Kier molecular flexibility index (Phi) is 4.27. The Morgan fingerprint density at radius 1 is 1.44 bits per heavy atom. The van der Waals surface area contributed by atoms with Crippen LogP contribution in [0, 0.1) is 5.92 Å². The van der Waals surface area contributed by atoms with Crippen molar-refractivity contribution in [2.45, 2.75) is 25.3 Å². The first-order valence-electron chi connectivity index (χ1n) is 5.84. The molecule has 0 bridgehead atoms. The third-order valence-corrected chi connectivity index (χ3v) is 3.20. The van der Waals surface area contributed by atoms with Crippen LogP contribution in [0.2, 0.25) is 0 Å². The Balaban J connectivity index is 1.94. The van der Waals surface area contributed by atoms with Crippen LogP contribution in [0.25, 0.3) is 0 Å². The van der Waals surface area contributed by atoms with Gasteiger partial charge in [0.25, 0.3) is 0 Å². The van der Waals surface area contributed by atoms with E-state index >= 15 is 0 Å². The predicted octanol–water partition coefficient (Wildman–Crippen LogP) is 0.883. The Labute approximate surface area is 96.2 Å². The number of hydrogen-bond donors (Lipinski definition) is 2. The van der Waals surface area contributed by atoms with Gasteiger partial charge in [0.2, 0.25) is 0 Å². The number of hydrogen-bond acceptors (Lipinski definition) is 4. The van der Waals surface area contributed by atoms with Gasteiger partial charge in [0.15, 0.2) is 0 Å². The third-order valence-electron chi connectivity index (χ3n) is 3.20. The summed E-state index contributed by atoms with van der Waals surface area (Å²) in [5.74, 6) is 6.23. The van der Waals surface area contributed by atoms with Gasteiger partial charge < -0.3 is 4.74 Å². The first-order valence-corrected chi connectivity index (χ1v) is 5.84. The van der Waals surface area contributed by atoms with E-state index < -0.39 is 0 Å². The third kappa shape index (κ3) is 3.01. The smallest absolute Gasteiger partial charge is 0.0469 e. The average molecular weight is 221 g/mol. The first-order chi connectivity index (χ1) is 7.90. The Morgan fingerprint density at radius 3 is 2.88 bits per heavy atom. The van der Waals surface area contributed by atoms with Gasteiger partial charge in [-0.1, -0.05) is 6.07 Å². The second-order valence-corrected chi connectivity index (χ2v) is 4.25. The van der Waals surface area contributed by atoms with Gasteiger partial charge in [-0.25, -0.2) is 0 Å². The molecule has 1 aliphatic rings. The van der Waals surface area contributed by atoms with E-state index in [0.717, 1.165) is 38.2 Å². The maximum absolute atomic E-state index is 5.63. The molecule has 0 amide bonds. The molecule has 0 radical (unpaired) electrons. The quantitative estimate of drug-likeness (QED) is 0.585. The van der Waals surface area contributed by atoms with Crippen LogP contribution in [0.1, 0.15) is 18.5 Å². The summed E-state index contributed by atoms with van der Waals surface area (Å²) in [4.78, 5) is 4.33. The van der Waals surface area contributed by atoms with Gasteiger partial charge in [-0.3, -0.25) is 16.3 Å². The van der Waals surface area contributed by atoms with Gasteiger partial charge in [-0.15, -0.1) is 0 Å². The van der Waals surface area contributed by atoms with Crippen LogP contribution in [0.15, 0.2) is 24.4 Å². The lowest BCUT2D eigenvalue weighted by molar-refractivity contribution is 0.0536. The fourth-order valence-corrected chi connectivity index (χ4v) is 2.22. The maximum atomic E-state index is 5.63. The fraction of sp³-hybridized carbons (Fsp3) is 0.583. The van der Waals surface area contributed by atoms with Crippen molar-refractivity contribution in [3.8, 4) is 0 Å². The zero-order valence-corrected chi connectivity index (χ0v) is 9.43. The molecule has 1 fully saturated rings. The zero-order chi connectivity index (χ0) is 11.2. The Morgan fingerprint density at radius 2 is 2.25 bits per heavy atom. The number of aromatic nitrogens is 1. The topological polar surface area (TPSA) is 60.2 Å². The molecule has 4 nitrogen and oxygen atoms in total. The van der Waals surface area contributed by atoms with Crippen LogP contribution in [-0.4, -0.2) is 24.2 Å². The molecule has 1 atom stereocenters. The molecule has 1 aromatic heterocycles. The molecule has 0 saturated carbocycles. The summed E-state index contributed by atoms with van der Waals surface area (Å²) in [6.07, 6.45) is 4.89. The summed E-state index contributed by atoms with van der Waals surface area (Å²) in [7, 11) is 0. The highest BCUT2D eigenvalue weighted by atomic mass is 16.5. The van der Waals surface area contributed by atoms with Crippen molar-refractivity contribution in [1.82, 2.24) is 10.4 Å². The van der Waals surface area contributed by atoms with Crippen molar-refractivity contribution in [2.24, 2.45) is 11.8 Å². The lowest BCUT2D eigenvalue weighted by Crippen LogP contribution is -2.44. The van der Waals surface area contributed by atoms with E-state index in [2.05, 4.69) is 10.4 Å². The molecule has 2 heterocycles. The molecule has 1 aliphatic heterocycles. The van der Waals surface area contributed by atoms with E-state index in [1.165, 1.54) is 0 Å². The average Bonchev–Trinajstić information content (AvgIpc) is 2.38. The van der Waals surface area contributed by atoms with Crippen molar-refractivity contribution in [3.63, 3.8) is 0 Å². The normalized spacial score (nSPS) is 19.6. The molecule has 88 valence electrons. The lowest BCUT2D eigenvalue weighted by Gasteiger charge is -2.29. The largest absolute Gasteiger partial charge is 0.381 e. The maximum Gasteiger partial charge on any atom is 0.0469 e. The second kappa shape index (κ2) is 5.94. The molecule has 0 aromatic carbocycles. The molecule has 4 heteroatoms. The van der Waals surface area contributed by atoms with E-state index in [1.807, 2.05) is 24.4 Å². The monoisotopic (exact) mass is 221 g/mol. The van der Waals surface area contributed by atoms with Crippen LogP contribution in [0.3, 0.4) is 0 Å². The molecule has 1 saturated heterocycles. The summed E-state index contributed by atoms with van der Waals surface area (Å²) in [5, 5.41) is 0. The van der Waals surface area contributed by atoms with Crippen LogP contribution in [-0.2, 0) is 11.2 Å². The summed E-state index contributed by atoms with van der Waals surface area (Å²) in [6.45, 7) is 1.70. The number of nitrogens with two attached hydrogens (primary N) is 1. The van der Waals surface area contributed by atoms with Gasteiger partial charge in [0.1, 0.15) is 0 Å². The molecule has 2 rings (SSSR count). The Bertz CT molecular complexity index is 298. The minimum atomic E-state index is 0.304. The summed E-state index contributed by atoms with van der Waals surface area (Å²) in [5.41, 5.74) is 4.02.